The fourth-order valence-corrected chi connectivity index (χ4v) is 4.61. The van der Waals surface area contributed by atoms with Gasteiger partial charge in [-0.3, -0.25) is 19.3 Å². The zero-order chi connectivity index (χ0) is 33.2. The molecular formula is C36H39N5O5. The minimum absolute atomic E-state index is 0.233. The summed E-state index contributed by atoms with van der Waals surface area (Å²) in [6, 6.07) is 28.2. The van der Waals surface area contributed by atoms with Gasteiger partial charge in [0.05, 0.1) is 12.2 Å². The summed E-state index contributed by atoms with van der Waals surface area (Å²) in [5.41, 5.74) is 5.39. The molecule has 0 bridgehead atoms. The van der Waals surface area contributed by atoms with Crippen LogP contribution in [0, 0.1) is 20.8 Å². The number of nitrogens with zero attached hydrogens (tertiary/aromatic N) is 3. The van der Waals surface area contributed by atoms with Crippen LogP contribution in [0.2, 0.25) is 0 Å². The van der Waals surface area contributed by atoms with E-state index in [0.717, 1.165) is 22.4 Å². The van der Waals surface area contributed by atoms with Gasteiger partial charge in [-0.2, -0.15) is 0 Å². The molecule has 10 heteroatoms. The number of urea groups is 1. The van der Waals surface area contributed by atoms with Gasteiger partial charge in [0, 0.05) is 31.2 Å². The third kappa shape index (κ3) is 8.72. The molecule has 0 aromatic heterocycles. The third-order valence-corrected chi connectivity index (χ3v) is 7.55. The summed E-state index contributed by atoms with van der Waals surface area (Å²) < 4.78 is 5.96. The van der Waals surface area contributed by atoms with Gasteiger partial charge in [-0.25, -0.2) is 4.79 Å². The van der Waals surface area contributed by atoms with Gasteiger partial charge < -0.3 is 25.2 Å². The lowest BCUT2D eigenvalue weighted by Crippen LogP contribution is -2.46. The van der Waals surface area contributed by atoms with E-state index in [1.807, 2.05) is 69.3 Å². The summed E-state index contributed by atoms with van der Waals surface area (Å²) in [7, 11) is 3.29. The molecule has 0 heterocycles. The molecule has 0 saturated heterocycles. The standard InChI is InChI=1S/C36H39N5O5/c1-25-12-11-13-28(20-25)38-36(45)37-22-33(42)41(23-34(43)39(4)29-14-7-6-8-15-29)31-16-9-10-17-32(31)46-24-35(44)40(5)30-19-18-26(2)27(3)21-30/h6-21H,22-24H2,1-5H3,(H2,37,38,45). The molecule has 5 amide bonds. The van der Waals surface area contributed by atoms with Gasteiger partial charge in [-0.05, 0) is 86.0 Å². The van der Waals surface area contributed by atoms with Crippen molar-refractivity contribution in [1.82, 2.24) is 5.32 Å². The van der Waals surface area contributed by atoms with Crippen LogP contribution in [-0.4, -0.2) is 57.5 Å². The number of anilines is 4. The number of benzene rings is 4. The Kier molecular flexibility index (Phi) is 11.1. The molecule has 238 valence electrons. The number of ether oxygens (including phenoxy) is 1. The van der Waals surface area contributed by atoms with E-state index in [1.54, 1.807) is 62.6 Å². The number of carbonyl (C=O) groups excluding carboxylic acids is 4. The highest BCUT2D eigenvalue weighted by atomic mass is 16.5. The summed E-state index contributed by atoms with van der Waals surface area (Å²) in [5.74, 6) is -0.990. The molecule has 2 N–H and O–H groups in total. The molecule has 0 aliphatic rings. The average molecular weight is 622 g/mol. The lowest BCUT2D eigenvalue weighted by molar-refractivity contribution is -0.121. The number of rotatable bonds is 11. The zero-order valence-corrected chi connectivity index (χ0v) is 26.7. The Bertz CT molecular complexity index is 1710. The summed E-state index contributed by atoms with van der Waals surface area (Å²) in [4.78, 5) is 57.1. The summed E-state index contributed by atoms with van der Waals surface area (Å²) in [6.07, 6.45) is 0. The quantitative estimate of drug-likeness (QED) is 0.231. The first-order chi connectivity index (χ1) is 22.0. The molecule has 4 aromatic rings. The van der Waals surface area contributed by atoms with E-state index in [1.165, 1.54) is 14.7 Å². The highest BCUT2D eigenvalue weighted by Gasteiger charge is 2.25. The number of aryl methyl sites for hydroxylation is 3. The molecule has 46 heavy (non-hydrogen) atoms. The molecule has 0 aliphatic heterocycles. The molecule has 0 saturated carbocycles. The number of carbonyl (C=O) groups is 4. The molecule has 10 nitrogen and oxygen atoms in total. The smallest absolute Gasteiger partial charge is 0.319 e. The highest BCUT2D eigenvalue weighted by molar-refractivity contribution is 6.06. The van der Waals surface area contributed by atoms with Crippen LogP contribution in [-0.2, 0) is 14.4 Å². The van der Waals surface area contributed by atoms with Gasteiger partial charge in [-0.15, -0.1) is 0 Å². The fourth-order valence-electron chi connectivity index (χ4n) is 4.61. The SMILES string of the molecule is Cc1cccc(NC(=O)NCC(=O)N(CC(=O)N(C)c2ccccc2)c2ccccc2OCC(=O)N(C)c2ccc(C)c(C)c2)c1. The van der Waals surface area contributed by atoms with Crippen LogP contribution < -0.4 is 30.1 Å². The Labute approximate surface area is 269 Å². The lowest BCUT2D eigenvalue weighted by Gasteiger charge is -2.27. The van der Waals surface area contributed by atoms with Crippen LogP contribution in [0.15, 0.2) is 97.1 Å². The van der Waals surface area contributed by atoms with E-state index in [9.17, 15) is 19.2 Å². The van der Waals surface area contributed by atoms with Crippen molar-refractivity contribution in [1.29, 1.82) is 0 Å². The maximum atomic E-state index is 13.7. The second-order valence-corrected chi connectivity index (χ2v) is 10.9. The van der Waals surface area contributed by atoms with Crippen molar-refractivity contribution in [3.05, 3.63) is 114 Å². The normalized spacial score (nSPS) is 10.5. The van der Waals surface area contributed by atoms with E-state index in [4.69, 9.17) is 4.74 Å². The average Bonchev–Trinajstić information content (AvgIpc) is 3.06. The van der Waals surface area contributed by atoms with Crippen LogP contribution in [0.25, 0.3) is 0 Å². The fraction of sp³-hybridized carbons (Fsp3) is 0.222. The van der Waals surface area contributed by atoms with Crippen molar-refractivity contribution in [2.45, 2.75) is 20.8 Å². The third-order valence-electron chi connectivity index (χ3n) is 7.55. The van der Waals surface area contributed by atoms with E-state index >= 15 is 0 Å². The second-order valence-electron chi connectivity index (χ2n) is 10.9. The van der Waals surface area contributed by atoms with Gasteiger partial charge in [0.15, 0.2) is 6.61 Å². The predicted octanol–water partition coefficient (Wildman–Crippen LogP) is 5.47. The van der Waals surface area contributed by atoms with Crippen molar-refractivity contribution in [3.63, 3.8) is 0 Å². The van der Waals surface area contributed by atoms with Gasteiger partial charge in [0.25, 0.3) is 5.91 Å². The molecule has 0 radical (unpaired) electrons. The Morgan fingerprint density at radius 2 is 1.37 bits per heavy atom. The molecular weight excluding hydrogens is 582 g/mol. The van der Waals surface area contributed by atoms with E-state index in [0.29, 0.717) is 11.4 Å². The summed E-state index contributed by atoms with van der Waals surface area (Å²) in [6.45, 7) is 4.83. The van der Waals surface area contributed by atoms with Gasteiger partial charge in [0.1, 0.15) is 12.3 Å². The van der Waals surface area contributed by atoms with E-state index in [-0.39, 0.29) is 36.4 Å². The maximum absolute atomic E-state index is 13.7. The molecule has 0 spiro atoms. The number of nitrogens with one attached hydrogen (secondary N) is 2. The number of likely N-dealkylation sites (N-methyl/N-ethyl adjacent to an activating group) is 2. The Morgan fingerprint density at radius 3 is 2.09 bits per heavy atom. The Hall–Kier alpha value is -5.64. The second kappa shape index (κ2) is 15.4. The van der Waals surface area contributed by atoms with Gasteiger partial charge in [0.2, 0.25) is 11.8 Å². The first-order valence-electron chi connectivity index (χ1n) is 14.8. The summed E-state index contributed by atoms with van der Waals surface area (Å²) >= 11 is 0. The molecule has 0 unspecified atom stereocenters. The first kappa shape index (κ1) is 33.3. The zero-order valence-electron chi connectivity index (χ0n) is 26.7. The number of amides is 5. The minimum Gasteiger partial charge on any atom is -0.482 e. The van der Waals surface area contributed by atoms with Crippen molar-refractivity contribution in [2.75, 3.05) is 53.8 Å². The van der Waals surface area contributed by atoms with Crippen molar-refractivity contribution < 1.29 is 23.9 Å². The molecule has 0 fully saturated rings. The largest absolute Gasteiger partial charge is 0.482 e. The molecule has 4 aromatic carbocycles. The minimum atomic E-state index is -0.573. The number of hydrogen-bond acceptors (Lipinski definition) is 5. The van der Waals surface area contributed by atoms with Crippen LogP contribution in [0.4, 0.5) is 27.5 Å². The van der Waals surface area contributed by atoms with E-state index < -0.39 is 18.5 Å². The van der Waals surface area contributed by atoms with Crippen molar-refractivity contribution >= 4 is 46.5 Å². The van der Waals surface area contributed by atoms with E-state index in [2.05, 4.69) is 10.6 Å². The molecule has 0 aliphatic carbocycles. The highest BCUT2D eigenvalue weighted by Crippen LogP contribution is 2.29. The van der Waals surface area contributed by atoms with Crippen LogP contribution in [0.3, 0.4) is 0 Å². The lowest BCUT2D eigenvalue weighted by atomic mass is 10.1. The number of para-hydroxylation sites is 3. The molecule has 4 rings (SSSR count). The Balaban J connectivity index is 1.53. The van der Waals surface area contributed by atoms with Gasteiger partial charge in [-0.1, -0.05) is 48.5 Å². The Morgan fingerprint density at radius 1 is 0.674 bits per heavy atom. The topological polar surface area (TPSA) is 111 Å². The monoisotopic (exact) mass is 621 g/mol. The molecule has 0 atom stereocenters. The van der Waals surface area contributed by atoms with Crippen LogP contribution >= 0.6 is 0 Å². The first-order valence-corrected chi connectivity index (χ1v) is 14.8. The van der Waals surface area contributed by atoms with Gasteiger partial charge >= 0.3 is 6.03 Å². The number of hydrogen-bond donors (Lipinski definition) is 2. The van der Waals surface area contributed by atoms with Crippen LogP contribution in [0.5, 0.6) is 5.75 Å². The predicted molar refractivity (Wildman–Crippen MR) is 182 cm³/mol. The van der Waals surface area contributed by atoms with Crippen molar-refractivity contribution in [3.8, 4) is 5.75 Å². The van der Waals surface area contributed by atoms with Crippen molar-refractivity contribution in [2.24, 2.45) is 0 Å². The van der Waals surface area contributed by atoms with Crippen LogP contribution in [0.1, 0.15) is 16.7 Å². The summed E-state index contributed by atoms with van der Waals surface area (Å²) in [5, 5.41) is 5.29. The maximum Gasteiger partial charge on any atom is 0.319 e.